The van der Waals surface area contributed by atoms with E-state index >= 15 is 0 Å². The smallest absolute Gasteiger partial charge is 0.0655 e. The summed E-state index contributed by atoms with van der Waals surface area (Å²) in [5, 5.41) is 7.96. The number of rotatable bonds is 0. The molecule has 1 saturated carbocycles. The van der Waals surface area contributed by atoms with Crippen molar-refractivity contribution >= 4 is 0 Å². The molecule has 0 aromatic rings. The average Bonchev–Trinajstić information content (AvgIpc) is 2.12. The maximum Gasteiger partial charge on any atom is 0.0655 e. The van der Waals surface area contributed by atoms with Crippen LogP contribution in [0.1, 0.15) is 12.8 Å². The Morgan fingerprint density at radius 1 is 1.50 bits per heavy atom. The third-order valence-corrected chi connectivity index (χ3v) is 0.760. The van der Waals surface area contributed by atoms with E-state index < -0.39 is 0 Å². The molecule has 0 aromatic heterocycles. The first-order valence-electron chi connectivity index (χ1n) is 1.83. The minimum Gasteiger partial charge on any atom is -0.198 e. The summed E-state index contributed by atoms with van der Waals surface area (Å²) >= 11 is 0. The summed E-state index contributed by atoms with van der Waals surface area (Å²) in [4.78, 5) is 0. The maximum absolute atomic E-state index is 7.96. The molecule has 6 heavy (non-hydrogen) atoms. The molecule has 0 atom stereocenters. The molecule has 0 unspecified atom stereocenters. The molecule has 1 rings (SSSR count). The van der Waals surface area contributed by atoms with E-state index in [1.165, 1.54) is 0 Å². The standard InChI is InChI=1S/C4H5N.Zn/c5-3-4-1-2-4;/h4H,1-2H2;. The van der Waals surface area contributed by atoms with Crippen LogP contribution in [0.25, 0.3) is 0 Å². The minimum atomic E-state index is 0. The van der Waals surface area contributed by atoms with Gasteiger partial charge >= 0.3 is 0 Å². The molecule has 0 spiro atoms. The molecule has 1 aliphatic rings. The van der Waals surface area contributed by atoms with Crippen molar-refractivity contribution in [1.82, 2.24) is 0 Å². The fourth-order valence-electron chi connectivity index (χ4n) is 0.212. The third-order valence-electron chi connectivity index (χ3n) is 0.760. The van der Waals surface area contributed by atoms with Gasteiger partial charge in [0, 0.05) is 25.4 Å². The summed E-state index contributed by atoms with van der Waals surface area (Å²) in [6.07, 6.45) is 2.30. The molecule has 0 radical (unpaired) electrons. The van der Waals surface area contributed by atoms with Gasteiger partial charge in [0.1, 0.15) is 0 Å². The zero-order chi connectivity index (χ0) is 3.70. The predicted molar refractivity (Wildman–Crippen MR) is 18.3 cm³/mol. The second-order valence-corrected chi connectivity index (χ2v) is 1.40. The molecule has 0 aliphatic heterocycles. The van der Waals surface area contributed by atoms with Gasteiger partial charge in [-0.1, -0.05) is 0 Å². The summed E-state index contributed by atoms with van der Waals surface area (Å²) in [6.45, 7) is 0. The van der Waals surface area contributed by atoms with E-state index in [-0.39, 0.29) is 19.5 Å². The van der Waals surface area contributed by atoms with E-state index in [0.717, 1.165) is 12.8 Å². The summed E-state index contributed by atoms with van der Waals surface area (Å²) < 4.78 is 0. The van der Waals surface area contributed by atoms with Gasteiger partial charge in [-0.25, -0.2) is 0 Å². The second-order valence-electron chi connectivity index (χ2n) is 1.40. The van der Waals surface area contributed by atoms with Gasteiger partial charge in [-0.2, -0.15) is 5.26 Å². The molecule has 0 N–H and O–H groups in total. The van der Waals surface area contributed by atoms with Gasteiger partial charge in [-0.3, -0.25) is 0 Å². The maximum atomic E-state index is 7.96. The van der Waals surface area contributed by atoms with Crippen molar-refractivity contribution in [1.29, 1.82) is 5.26 Å². The van der Waals surface area contributed by atoms with Gasteiger partial charge in [0.15, 0.2) is 0 Å². The Hall–Kier alpha value is 0.113. The van der Waals surface area contributed by atoms with Crippen molar-refractivity contribution in [3.8, 4) is 6.07 Å². The summed E-state index contributed by atoms with van der Waals surface area (Å²) in [5.74, 6) is 0.440. The first-order chi connectivity index (χ1) is 2.43. The summed E-state index contributed by atoms with van der Waals surface area (Å²) in [7, 11) is 0. The van der Waals surface area contributed by atoms with E-state index in [4.69, 9.17) is 5.26 Å². The third kappa shape index (κ3) is 1.52. The van der Waals surface area contributed by atoms with Gasteiger partial charge in [0.05, 0.1) is 6.07 Å². The van der Waals surface area contributed by atoms with Crippen LogP contribution in [0, 0.1) is 17.2 Å². The normalized spacial score (nSPS) is 17.8. The molecule has 0 amide bonds. The van der Waals surface area contributed by atoms with Crippen molar-refractivity contribution < 1.29 is 19.5 Å². The molecular formula is C4H5NZn. The van der Waals surface area contributed by atoms with Crippen molar-refractivity contribution in [2.24, 2.45) is 5.92 Å². The molecule has 1 nitrogen and oxygen atoms in total. The Bertz CT molecular complexity index is 70.1. The minimum absolute atomic E-state index is 0. The van der Waals surface area contributed by atoms with Crippen LogP contribution in [0.5, 0.6) is 0 Å². The molecular weight excluding hydrogens is 127 g/mol. The average molecular weight is 132 g/mol. The number of hydrogen-bond donors (Lipinski definition) is 0. The van der Waals surface area contributed by atoms with Gasteiger partial charge in [-0.05, 0) is 12.8 Å². The Morgan fingerprint density at radius 3 is 2.00 bits per heavy atom. The zero-order valence-electron chi connectivity index (χ0n) is 3.65. The van der Waals surface area contributed by atoms with E-state index in [1.54, 1.807) is 0 Å². The van der Waals surface area contributed by atoms with Crippen LogP contribution in [-0.2, 0) is 19.5 Å². The van der Waals surface area contributed by atoms with Crippen LogP contribution in [0.3, 0.4) is 0 Å². The largest absolute Gasteiger partial charge is 0.198 e. The van der Waals surface area contributed by atoms with Gasteiger partial charge in [0.25, 0.3) is 0 Å². The van der Waals surface area contributed by atoms with E-state index in [0.29, 0.717) is 5.92 Å². The fraction of sp³-hybridized carbons (Fsp3) is 0.750. The topological polar surface area (TPSA) is 23.8 Å². The van der Waals surface area contributed by atoms with Crippen LogP contribution < -0.4 is 0 Å². The van der Waals surface area contributed by atoms with E-state index in [1.807, 2.05) is 0 Å². The van der Waals surface area contributed by atoms with E-state index in [2.05, 4.69) is 6.07 Å². The number of nitrogens with zero attached hydrogens (tertiary/aromatic N) is 1. The van der Waals surface area contributed by atoms with E-state index in [9.17, 15) is 0 Å². The molecule has 0 saturated heterocycles. The Morgan fingerprint density at radius 2 is 2.00 bits per heavy atom. The first kappa shape index (κ1) is 6.11. The number of nitriles is 1. The molecule has 1 aliphatic carbocycles. The molecule has 0 heterocycles. The van der Waals surface area contributed by atoms with Gasteiger partial charge in [0.2, 0.25) is 0 Å². The Labute approximate surface area is 50.1 Å². The second kappa shape index (κ2) is 2.31. The number of hydrogen-bond acceptors (Lipinski definition) is 1. The summed E-state index contributed by atoms with van der Waals surface area (Å²) in [5.41, 5.74) is 0. The van der Waals surface area contributed by atoms with Crippen molar-refractivity contribution in [3.05, 3.63) is 0 Å². The van der Waals surface area contributed by atoms with Crippen molar-refractivity contribution in [2.75, 3.05) is 0 Å². The van der Waals surface area contributed by atoms with Gasteiger partial charge in [-0.15, -0.1) is 0 Å². The zero-order valence-corrected chi connectivity index (χ0v) is 6.61. The van der Waals surface area contributed by atoms with Crippen LogP contribution in [0.4, 0.5) is 0 Å². The SMILES string of the molecule is N#CC1CC1.[Zn]. The summed E-state index contributed by atoms with van der Waals surface area (Å²) in [6, 6.07) is 2.14. The van der Waals surface area contributed by atoms with Crippen molar-refractivity contribution in [3.63, 3.8) is 0 Å². The van der Waals surface area contributed by atoms with Crippen LogP contribution in [0.2, 0.25) is 0 Å². The predicted octanol–water partition coefficient (Wildman–Crippen LogP) is 0.917. The van der Waals surface area contributed by atoms with Crippen LogP contribution in [0.15, 0.2) is 0 Å². The van der Waals surface area contributed by atoms with Gasteiger partial charge < -0.3 is 0 Å². The molecule has 0 aromatic carbocycles. The molecule has 2 heteroatoms. The quantitative estimate of drug-likeness (QED) is 0.450. The van der Waals surface area contributed by atoms with Crippen LogP contribution in [-0.4, -0.2) is 0 Å². The molecule has 0 bridgehead atoms. The molecule has 28 valence electrons. The van der Waals surface area contributed by atoms with Crippen molar-refractivity contribution in [2.45, 2.75) is 12.8 Å². The van der Waals surface area contributed by atoms with Crippen LogP contribution >= 0.6 is 0 Å². The monoisotopic (exact) mass is 131 g/mol. The fourth-order valence-corrected chi connectivity index (χ4v) is 0.212. The first-order valence-corrected chi connectivity index (χ1v) is 1.83. The Balaban J connectivity index is 0.000000250. The Kier molecular flexibility index (Phi) is 2.36. The molecule has 1 fully saturated rings.